The molecule has 2 amide bonds. The quantitative estimate of drug-likeness (QED) is 0.596. The fourth-order valence-corrected chi connectivity index (χ4v) is 3.43. The Morgan fingerprint density at radius 1 is 1.03 bits per heavy atom. The molecule has 4 N–H and O–H groups in total. The first-order valence-electron chi connectivity index (χ1n) is 9.00. The van der Waals surface area contributed by atoms with E-state index in [1.54, 1.807) is 54.6 Å². The predicted molar refractivity (Wildman–Crippen MR) is 112 cm³/mol. The molecule has 1 aliphatic rings. The van der Waals surface area contributed by atoms with Crippen molar-refractivity contribution in [3.8, 4) is 5.75 Å². The van der Waals surface area contributed by atoms with Crippen LogP contribution in [-0.2, 0) is 4.79 Å². The second kappa shape index (κ2) is 7.85. The van der Waals surface area contributed by atoms with Gasteiger partial charge < -0.3 is 21.1 Å². The number of nitrogens with one attached hydrogen (secondary N) is 2. The molecule has 0 unspecified atom stereocenters. The zero-order valence-corrected chi connectivity index (χ0v) is 16.0. The number of amides is 2. The number of halogens is 1. The molecule has 2 atom stereocenters. The highest BCUT2D eigenvalue weighted by Crippen LogP contribution is 2.37. The Balaban J connectivity index is 1.71. The minimum Gasteiger partial charge on any atom is -0.478 e. The van der Waals surface area contributed by atoms with Gasteiger partial charge in [0.15, 0.2) is 0 Å². The first-order valence-corrected chi connectivity index (χ1v) is 9.37. The molecule has 0 aromatic heterocycles. The average molecular weight is 408 g/mol. The minimum atomic E-state index is -0.834. The van der Waals surface area contributed by atoms with Crippen molar-refractivity contribution < 1.29 is 14.3 Å². The van der Waals surface area contributed by atoms with Crippen LogP contribution in [0.3, 0.4) is 0 Å². The van der Waals surface area contributed by atoms with Crippen molar-refractivity contribution in [1.29, 1.82) is 0 Å². The van der Waals surface area contributed by atoms with E-state index in [9.17, 15) is 9.59 Å². The van der Waals surface area contributed by atoms with Gasteiger partial charge in [0.1, 0.15) is 5.75 Å². The summed E-state index contributed by atoms with van der Waals surface area (Å²) in [7, 11) is 0. The van der Waals surface area contributed by atoms with Crippen molar-refractivity contribution in [2.75, 3.05) is 10.6 Å². The molecule has 1 aliphatic heterocycles. The molecular formula is C22H18ClN3O3. The Labute approximate surface area is 172 Å². The zero-order valence-electron chi connectivity index (χ0n) is 15.3. The van der Waals surface area contributed by atoms with Crippen molar-refractivity contribution in [3.63, 3.8) is 0 Å². The van der Waals surface area contributed by atoms with Gasteiger partial charge in [-0.25, -0.2) is 0 Å². The molecule has 7 heteroatoms. The maximum atomic E-state index is 12.8. The van der Waals surface area contributed by atoms with Crippen LogP contribution in [0.4, 0.5) is 11.4 Å². The van der Waals surface area contributed by atoms with Gasteiger partial charge in [-0.3, -0.25) is 9.59 Å². The van der Waals surface area contributed by atoms with E-state index < -0.39 is 18.1 Å². The summed E-state index contributed by atoms with van der Waals surface area (Å²) in [5, 5.41) is 6.76. The summed E-state index contributed by atoms with van der Waals surface area (Å²) < 4.78 is 6.02. The van der Waals surface area contributed by atoms with Gasteiger partial charge in [0.05, 0.1) is 6.04 Å². The largest absolute Gasteiger partial charge is 0.478 e. The van der Waals surface area contributed by atoms with Crippen LogP contribution in [0.5, 0.6) is 5.75 Å². The molecule has 4 rings (SSSR count). The van der Waals surface area contributed by atoms with Crippen LogP contribution in [0.15, 0.2) is 72.8 Å². The molecule has 0 saturated carbocycles. The Bertz CT molecular complexity index is 1050. The summed E-state index contributed by atoms with van der Waals surface area (Å²) in [5.74, 6) is -0.194. The van der Waals surface area contributed by atoms with Gasteiger partial charge in [-0.05, 0) is 54.6 Å². The standard InChI is InChI=1S/C22H18ClN3O3/c23-14-8-11-18-17(12-14)19(25-15-9-6-13(7-10-15)21(24)27)20(22(28)26-18)29-16-4-2-1-3-5-16/h1-12,19-20,25H,(H2,24,27)(H,26,28)/t19-,20+/m0/s1. The summed E-state index contributed by atoms with van der Waals surface area (Å²) in [6.45, 7) is 0. The fourth-order valence-electron chi connectivity index (χ4n) is 3.25. The van der Waals surface area contributed by atoms with Crippen LogP contribution in [-0.4, -0.2) is 17.9 Å². The number of carbonyl (C=O) groups is 2. The molecule has 0 aliphatic carbocycles. The van der Waals surface area contributed by atoms with Gasteiger partial charge >= 0.3 is 0 Å². The number of primary amides is 1. The fraction of sp³-hybridized carbons (Fsp3) is 0.0909. The lowest BCUT2D eigenvalue weighted by Crippen LogP contribution is -2.45. The lowest BCUT2D eigenvalue weighted by Gasteiger charge is -2.34. The van der Waals surface area contributed by atoms with Gasteiger partial charge in [0.2, 0.25) is 12.0 Å². The minimum absolute atomic E-state index is 0.269. The number of nitrogens with two attached hydrogens (primary N) is 1. The molecule has 0 bridgehead atoms. The lowest BCUT2D eigenvalue weighted by molar-refractivity contribution is -0.123. The molecule has 6 nitrogen and oxygen atoms in total. The summed E-state index contributed by atoms with van der Waals surface area (Å²) in [6, 6.07) is 20.6. The van der Waals surface area contributed by atoms with Crippen molar-refractivity contribution in [2.24, 2.45) is 5.73 Å². The van der Waals surface area contributed by atoms with Gasteiger partial charge in [-0.1, -0.05) is 29.8 Å². The SMILES string of the molecule is NC(=O)c1ccc(N[C@H]2c3cc(Cl)ccc3NC(=O)[C@@H]2Oc2ccccc2)cc1. The number of ether oxygens (including phenoxy) is 1. The molecule has 0 fully saturated rings. The number of hydrogen-bond donors (Lipinski definition) is 3. The first kappa shape index (κ1) is 18.8. The summed E-state index contributed by atoms with van der Waals surface area (Å²) >= 11 is 6.21. The van der Waals surface area contributed by atoms with Crippen LogP contribution in [0.2, 0.25) is 5.02 Å². The third-order valence-corrected chi connectivity index (χ3v) is 4.90. The van der Waals surface area contributed by atoms with Crippen LogP contribution in [0.1, 0.15) is 22.0 Å². The molecule has 0 saturated heterocycles. The third-order valence-electron chi connectivity index (χ3n) is 4.67. The highest BCUT2D eigenvalue weighted by atomic mass is 35.5. The highest BCUT2D eigenvalue weighted by molar-refractivity contribution is 6.30. The van der Waals surface area contributed by atoms with E-state index in [1.807, 2.05) is 18.2 Å². The van der Waals surface area contributed by atoms with Gasteiger partial charge in [-0.15, -0.1) is 0 Å². The van der Waals surface area contributed by atoms with E-state index in [-0.39, 0.29) is 5.91 Å². The van der Waals surface area contributed by atoms with Gasteiger partial charge in [0, 0.05) is 27.5 Å². The van der Waals surface area contributed by atoms with Crippen molar-refractivity contribution >= 4 is 34.8 Å². The van der Waals surface area contributed by atoms with Crippen LogP contribution in [0, 0.1) is 0 Å². The van der Waals surface area contributed by atoms with Crippen molar-refractivity contribution in [3.05, 3.63) is 88.9 Å². The molecule has 29 heavy (non-hydrogen) atoms. The average Bonchev–Trinajstić information content (AvgIpc) is 2.72. The Morgan fingerprint density at radius 3 is 2.45 bits per heavy atom. The van der Waals surface area contributed by atoms with Gasteiger partial charge in [0.25, 0.3) is 5.91 Å². The van der Waals surface area contributed by atoms with E-state index in [1.165, 1.54) is 0 Å². The van der Waals surface area contributed by atoms with Crippen molar-refractivity contribution in [1.82, 2.24) is 0 Å². The topological polar surface area (TPSA) is 93.5 Å². The highest BCUT2D eigenvalue weighted by Gasteiger charge is 2.38. The first-order chi connectivity index (χ1) is 14.0. The molecule has 3 aromatic rings. The maximum absolute atomic E-state index is 12.8. The molecule has 1 heterocycles. The normalized spacial score (nSPS) is 17.8. The van der Waals surface area contributed by atoms with Crippen molar-refractivity contribution in [2.45, 2.75) is 12.1 Å². The molecule has 3 aromatic carbocycles. The number of benzene rings is 3. The molecule has 0 radical (unpaired) electrons. The monoisotopic (exact) mass is 407 g/mol. The Hall–Kier alpha value is -3.51. The second-order valence-electron chi connectivity index (χ2n) is 6.64. The number of carbonyl (C=O) groups excluding carboxylic acids is 2. The molecule has 146 valence electrons. The number of para-hydroxylation sites is 1. The summed E-state index contributed by atoms with van der Waals surface area (Å²) in [6.07, 6.45) is -0.834. The van der Waals surface area contributed by atoms with E-state index in [0.29, 0.717) is 27.7 Å². The van der Waals surface area contributed by atoms with Gasteiger partial charge in [-0.2, -0.15) is 0 Å². The second-order valence-corrected chi connectivity index (χ2v) is 7.07. The number of fused-ring (bicyclic) bond motifs is 1. The number of hydrogen-bond acceptors (Lipinski definition) is 4. The van der Waals surface area contributed by atoms with Crippen LogP contribution in [0.25, 0.3) is 0 Å². The zero-order chi connectivity index (χ0) is 20.4. The summed E-state index contributed by atoms with van der Waals surface area (Å²) in [4.78, 5) is 24.1. The van der Waals surface area contributed by atoms with E-state index in [2.05, 4.69) is 10.6 Å². The van der Waals surface area contributed by atoms with E-state index in [0.717, 1.165) is 5.56 Å². The number of anilines is 2. The number of rotatable bonds is 5. The lowest BCUT2D eigenvalue weighted by atomic mass is 9.94. The van der Waals surface area contributed by atoms with Crippen LogP contribution < -0.4 is 21.1 Å². The third kappa shape index (κ3) is 4.02. The van der Waals surface area contributed by atoms with E-state index >= 15 is 0 Å². The predicted octanol–water partition coefficient (Wildman–Crippen LogP) is 3.99. The molecular weight excluding hydrogens is 390 g/mol. The maximum Gasteiger partial charge on any atom is 0.268 e. The van der Waals surface area contributed by atoms with Crippen LogP contribution >= 0.6 is 11.6 Å². The summed E-state index contributed by atoms with van der Waals surface area (Å²) in [5.41, 5.74) is 7.89. The van der Waals surface area contributed by atoms with E-state index in [4.69, 9.17) is 22.1 Å². The Morgan fingerprint density at radius 2 is 1.76 bits per heavy atom. The Kier molecular flexibility index (Phi) is 5.10. The molecule has 0 spiro atoms. The smallest absolute Gasteiger partial charge is 0.268 e.